The molecule has 0 aromatic heterocycles. The topological polar surface area (TPSA) is 73.0 Å². The number of hydrogen-bond donors (Lipinski definition) is 1. The van der Waals surface area contributed by atoms with Gasteiger partial charge < -0.3 is 15.1 Å². The molecular weight excluding hydrogens is 308 g/mol. The summed E-state index contributed by atoms with van der Waals surface area (Å²) in [4.78, 5) is 41.5. The molecule has 3 aliphatic heterocycles. The first-order valence-electron chi connectivity index (χ1n) is 9.14. The number of carbonyl (C=O) groups is 3. The van der Waals surface area contributed by atoms with Gasteiger partial charge in [-0.25, -0.2) is 4.79 Å². The number of imide groups is 1. The Labute approximate surface area is 143 Å². The zero-order chi connectivity index (χ0) is 17.1. The Kier molecular flexibility index (Phi) is 5.38. The Hall–Kier alpha value is -1.63. The fourth-order valence-corrected chi connectivity index (χ4v) is 3.87. The molecule has 3 aliphatic rings. The standard InChI is InChI=1S/C17H28N4O3/c1-13-4-7-20(8-5-13)16(23)14-3-2-6-19(12-14)9-10-21-15(22)11-18-17(21)24/h13-14H,2-12H2,1H3,(H,18,24)/t14-/m0/s1. The van der Waals surface area contributed by atoms with Crippen LogP contribution in [0.4, 0.5) is 4.79 Å². The molecule has 0 unspecified atom stereocenters. The number of hydrogen-bond acceptors (Lipinski definition) is 4. The van der Waals surface area contributed by atoms with Crippen LogP contribution < -0.4 is 5.32 Å². The van der Waals surface area contributed by atoms with Crippen molar-refractivity contribution in [2.24, 2.45) is 11.8 Å². The molecule has 4 amide bonds. The molecule has 0 bridgehead atoms. The highest BCUT2D eigenvalue weighted by Crippen LogP contribution is 2.23. The number of nitrogens with zero attached hydrogens (tertiary/aromatic N) is 3. The summed E-state index contributed by atoms with van der Waals surface area (Å²) in [5.74, 6) is 0.921. The molecular formula is C17H28N4O3. The van der Waals surface area contributed by atoms with Gasteiger partial charge in [0.15, 0.2) is 0 Å². The average Bonchev–Trinajstić information content (AvgIpc) is 2.91. The predicted octanol–water partition coefficient (Wildman–Crippen LogP) is 0.509. The van der Waals surface area contributed by atoms with Crippen molar-refractivity contribution in [1.29, 1.82) is 0 Å². The van der Waals surface area contributed by atoms with Gasteiger partial charge in [0.25, 0.3) is 0 Å². The van der Waals surface area contributed by atoms with Crippen LogP contribution in [-0.4, -0.2) is 78.4 Å². The summed E-state index contributed by atoms with van der Waals surface area (Å²) in [6.07, 6.45) is 4.16. The van der Waals surface area contributed by atoms with Crippen LogP contribution in [0.15, 0.2) is 0 Å². The summed E-state index contributed by atoms with van der Waals surface area (Å²) < 4.78 is 0. The Bertz CT molecular complexity index is 486. The summed E-state index contributed by atoms with van der Waals surface area (Å²) in [7, 11) is 0. The number of likely N-dealkylation sites (tertiary alicyclic amines) is 2. The third kappa shape index (κ3) is 3.88. The maximum absolute atomic E-state index is 12.7. The summed E-state index contributed by atoms with van der Waals surface area (Å²) in [6, 6.07) is -0.299. The van der Waals surface area contributed by atoms with E-state index in [1.165, 1.54) is 4.90 Å². The highest BCUT2D eigenvalue weighted by Gasteiger charge is 2.32. The van der Waals surface area contributed by atoms with Crippen molar-refractivity contribution in [2.75, 3.05) is 45.8 Å². The van der Waals surface area contributed by atoms with Crippen LogP contribution >= 0.6 is 0 Å². The minimum Gasteiger partial charge on any atom is -0.342 e. The van der Waals surface area contributed by atoms with Crippen molar-refractivity contribution >= 4 is 17.8 Å². The highest BCUT2D eigenvalue weighted by atomic mass is 16.2. The molecule has 3 fully saturated rings. The minimum atomic E-state index is -0.299. The summed E-state index contributed by atoms with van der Waals surface area (Å²) in [6.45, 7) is 6.87. The Morgan fingerprint density at radius 2 is 1.88 bits per heavy atom. The molecule has 1 N–H and O–H groups in total. The van der Waals surface area contributed by atoms with E-state index in [9.17, 15) is 14.4 Å². The molecule has 7 heteroatoms. The Balaban J connectivity index is 1.48. The van der Waals surface area contributed by atoms with Crippen molar-refractivity contribution in [2.45, 2.75) is 32.6 Å². The van der Waals surface area contributed by atoms with Crippen molar-refractivity contribution in [3.05, 3.63) is 0 Å². The maximum atomic E-state index is 12.7. The lowest BCUT2D eigenvalue weighted by molar-refractivity contribution is -0.139. The van der Waals surface area contributed by atoms with Gasteiger partial charge in [0.05, 0.1) is 12.5 Å². The molecule has 0 spiro atoms. The van der Waals surface area contributed by atoms with Gasteiger partial charge in [-0.3, -0.25) is 14.5 Å². The van der Waals surface area contributed by atoms with Gasteiger partial charge >= 0.3 is 6.03 Å². The molecule has 24 heavy (non-hydrogen) atoms. The smallest absolute Gasteiger partial charge is 0.324 e. The third-order valence-electron chi connectivity index (χ3n) is 5.53. The molecule has 3 heterocycles. The van der Waals surface area contributed by atoms with Crippen LogP contribution in [0.25, 0.3) is 0 Å². The lowest BCUT2D eigenvalue weighted by Gasteiger charge is -2.37. The maximum Gasteiger partial charge on any atom is 0.324 e. The lowest BCUT2D eigenvalue weighted by Crippen LogP contribution is -2.48. The average molecular weight is 336 g/mol. The molecule has 0 aromatic rings. The fourth-order valence-electron chi connectivity index (χ4n) is 3.87. The van der Waals surface area contributed by atoms with Crippen LogP contribution in [0.1, 0.15) is 32.6 Å². The number of amides is 4. The van der Waals surface area contributed by atoms with Gasteiger partial charge in [-0.05, 0) is 38.1 Å². The van der Waals surface area contributed by atoms with Gasteiger partial charge in [0.1, 0.15) is 0 Å². The minimum absolute atomic E-state index is 0.0651. The highest BCUT2D eigenvalue weighted by molar-refractivity contribution is 6.01. The summed E-state index contributed by atoms with van der Waals surface area (Å²) in [5, 5.41) is 2.54. The number of rotatable bonds is 4. The van der Waals surface area contributed by atoms with Gasteiger partial charge in [-0.2, -0.15) is 0 Å². The van der Waals surface area contributed by atoms with Gasteiger partial charge in [0.2, 0.25) is 11.8 Å². The van der Waals surface area contributed by atoms with E-state index >= 15 is 0 Å². The van der Waals surface area contributed by atoms with Crippen molar-refractivity contribution in [3.8, 4) is 0 Å². The zero-order valence-electron chi connectivity index (χ0n) is 14.5. The van der Waals surface area contributed by atoms with Gasteiger partial charge in [-0.15, -0.1) is 0 Å². The van der Waals surface area contributed by atoms with Crippen LogP contribution in [0.5, 0.6) is 0 Å². The van der Waals surface area contributed by atoms with E-state index in [1.54, 1.807) is 0 Å². The van der Waals surface area contributed by atoms with E-state index in [-0.39, 0.29) is 24.4 Å². The van der Waals surface area contributed by atoms with E-state index in [4.69, 9.17) is 0 Å². The van der Waals surface area contributed by atoms with E-state index in [0.29, 0.717) is 19.0 Å². The summed E-state index contributed by atoms with van der Waals surface area (Å²) in [5.41, 5.74) is 0. The number of nitrogens with one attached hydrogen (secondary N) is 1. The number of piperidine rings is 2. The first kappa shape index (κ1) is 17.2. The summed E-state index contributed by atoms with van der Waals surface area (Å²) >= 11 is 0. The molecule has 3 saturated heterocycles. The van der Waals surface area contributed by atoms with Crippen LogP contribution in [0.3, 0.4) is 0 Å². The Morgan fingerprint density at radius 3 is 2.54 bits per heavy atom. The monoisotopic (exact) mass is 336 g/mol. The van der Waals surface area contributed by atoms with Crippen LogP contribution in [0, 0.1) is 11.8 Å². The third-order valence-corrected chi connectivity index (χ3v) is 5.53. The van der Waals surface area contributed by atoms with E-state index in [1.807, 2.05) is 4.90 Å². The van der Waals surface area contributed by atoms with E-state index in [2.05, 4.69) is 17.1 Å². The largest absolute Gasteiger partial charge is 0.342 e. The molecule has 0 aliphatic carbocycles. The van der Waals surface area contributed by atoms with E-state index in [0.717, 1.165) is 57.8 Å². The molecule has 7 nitrogen and oxygen atoms in total. The van der Waals surface area contributed by atoms with E-state index < -0.39 is 0 Å². The predicted molar refractivity (Wildman–Crippen MR) is 89.3 cm³/mol. The van der Waals surface area contributed by atoms with Gasteiger partial charge in [-0.1, -0.05) is 6.92 Å². The first-order chi connectivity index (χ1) is 11.5. The Morgan fingerprint density at radius 1 is 1.12 bits per heavy atom. The second kappa shape index (κ2) is 7.51. The number of urea groups is 1. The number of carbonyl (C=O) groups excluding carboxylic acids is 3. The van der Waals surface area contributed by atoms with Crippen molar-refractivity contribution < 1.29 is 14.4 Å². The normalized spacial score (nSPS) is 26.8. The van der Waals surface area contributed by atoms with Gasteiger partial charge in [0, 0.05) is 32.7 Å². The quantitative estimate of drug-likeness (QED) is 0.759. The molecule has 0 aromatic carbocycles. The first-order valence-corrected chi connectivity index (χ1v) is 9.14. The lowest BCUT2D eigenvalue weighted by atomic mass is 9.93. The molecule has 0 radical (unpaired) electrons. The van der Waals surface area contributed by atoms with Crippen molar-refractivity contribution in [1.82, 2.24) is 20.0 Å². The second-order valence-corrected chi connectivity index (χ2v) is 7.35. The van der Waals surface area contributed by atoms with Crippen LogP contribution in [-0.2, 0) is 9.59 Å². The second-order valence-electron chi connectivity index (χ2n) is 7.35. The van der Waals surface area contributed by atoms with Crippen LogP contribution in [0.2, 0.25) is 0 Å². The fraction of sp³-hybridized carbons (Fsp3) is 0.824. The molecule has 134 valence electrons. The molecule has 0 saturated carbocycles. The molecule has 3 rings (SSSR count). The molecule has 1 atom stereocenters. The zero-order valence-corrected chi connectivity index (χ0v) is 14.5. The SMILES string of the molecule is CC1CCN(C(=O)[C@H]2CCCN(CCN3C(=O)CNC3=O)C2)CC1. The van der Waals surface area contributed by atoms with Crippen molar-refractivity contribution in [3.63, 3.8) is 0 Å².